The van der Waals surface area contributed by atoms with Gasteiger partial charge in [-0.1, -0.05) is 34.6 Å². The highest BCUT2D eigenvalue weighted by molar-refractivity contribution is 8.02. The number of halogens is 1. The lowest BCUT2D eigenvalue weighted by atomic mass is 9.90. The van der Waals surface area contributed by atoms with Crippen molar-refractivity contribution in [1.82, 2.24) is 30.5 Å². The fourth-order valence-electron chi connectivity index (χ4n) is 5.57. The SMILES string of the molecule is CC(=O)C(C)(C)O/N=C(\C(=O)C[C@@H]1C(=O)N2C[C@@](C(=O)O)(N3CCN(NC(=O)NCC(=O)c4ccc(C)c(C)c4Cl)C3=O)S[C@H]12)c1csc(C)n1. The lowest BCUT2D eigenvalue weighted by Gasteiger charge is -2.40. The maximum absolute atomic E-state index is 13.6. The van der Waals surface area contributed by atoms with E-state index in [1.54, 1.807) is 31.4 Å². The molecular formula is C32H36ClN7O9S2. The van der Waals surface area contributed by atoms with E-state index in [2.05, 4.69) is 20.9 Å². The van der Waals surface area contributed by atoms with Crippen LogP contribution in [0.4, 0.5) is 9.59 Å². The van der Waals surface area contributed by atoms with Crippen LogP contribution in [-0.2, 0) is 24.0 Å². The number of aryl methyl sites for hydroxylation is 2. The standard InChI is InChI=1S/C32H36ClN7O9S2/c1-15-7-8-19(24(33)16(15)2)23(43)12-34-29(47)36-40-10-9-39(30(40)48)32(28(45)46)14-38-26(44)20(27(38)51-32)11-22(42)25(21-13-50-18(4)35-21)37-49-31(5,6)17(3)41/h7-8,13,20,27H,9-12,14H2,1-6H3,(H,45,46)(H2,34,36,47)/b37-25-/t20-,27-,32-/m1/s1. The molecule has 3 aliphatic rings. The van der Waals surface area contributed by atoms with Crippen molar-refractivity contribution in [3.63, 3.8) is 0 Å². The number of Topliss-reactive ketones (excluding diaryl/α,β-unsaturated/α-hetero) is 3. The van der Waals surface area contributed by atoms with E-state index in [0.29, 0.717) is 5.01 Å². The number of hydrazine groups is 1. The molecule has 5 amide bonds. The van der Waals surface area contributed by atoms with Gasteiger partial charge in [-0.3, -0.25) is 24.1 Å². The van der Waals surface area contributed by atoms with E-state index in [1.807, 2.05) is 6.92 Å². The predicted molar refractivity (Wildman–Crippen MR) is 186 cm³/mol. The Morgan fingerprint density at radius 3 is 2.49 bits per heavy atom. The summed E-state index contributed by atoms with van der Waals surface area (Å²) in [6, 6.07) is 1.60. The fourth-order valence-corrected chi connectivity index (χ4v) is 8.18. The van der Waals surface area contributed by atoms with Crippen molar-refractivity contribution >= 4 is 81.7 Å². The average molecular weight is 762 g/mol. The highest BCUT2D eigenvalue weighted by Crippen LogP contribution is 2.52. The summed E-state index contributed by atoms with van der Waals surface area (Å²) < 4.78 is 0. The molecular weight excluding hydrogens is 726 g/mol. The van der Waals surface area contributed by atoms with Gasteiger partial charge in [0.2, 0.25) is 10.8 Å². The number of nitrogens with one attached hydrogen (secondary N) is 2. The Kier molecular flexibility index (Phi) is 10.5. The minimum Gasteiger partial charge on any atom is -0.479 e. The number of carboxylic acids is 1. The Bertz CT molecular complexity index is 1880. The number of hydrogen-bond donors (Lipinski definition) is 3. The van der Waals surface area contributed by atoms with Crippen LogP contribution >= 0.6 is 34.7 Å². The zero-order chi connectivity index (χ0) is 37.6. The molecule has 0 radical (unpaired) electrons. The Morgan fingerprint density at radius 2 is 1.86 bits per heavy atom. The van der Waals surface area contributed by atoms with Gasteiger partial charge in [0.1, 0.15) is 5.69 Å². The molecule has 3 saturated heterocycles. The number of urea groups is 2. The summed E-state index contributed by atoms with van der Waals surface area (Å²) in [5.41, 5.74) is 2.92. The largest absolute Gasteiger partial charge is 0.479 e. The number of aliphatic carboxylic acids is 1. The summed E-state index contributed by atoms with van der Waals surface area (Å²) in [6.45, 7) is 8.73. The zero-order valence-electron chi connectivity index (χ0n) is 28.6. The molecule has 272 valence electrons. The molecule has 4 heterocycles. The number of hydrogen-bond acceptors (Lipinski definition) is 12. The van der Waals surface area contributed by atoms with E-state index >= 15 is 0 Å². The van der Waals surface area contributed by atoms with Crippen molar-refractivity contribution in [2.24, 2.45) is 11.1 Å². The van der Waals surface area contributed by atoms with Gasteiger partial charge in [-0.15, -0.1) is 11.3 Å². The van der Waals surface area contributed by atoms with Crippen LogP contribution < -0.4 is 10.7 Å². The third-order valence-electron chi connectivity index (χ3n) is 9.08. The lowest BCUT2D eigenvalue weighted by molar-refractivity contribution is -0.154. The molecule has 5 rings (SSSR count). The molecule has 2 aromatic rings. The van der Waals surface area contributed by atoms with Gasteiger partial charge in [-0.25, -0.2) is 29.8 Å². The van der Waals surface area contributed by atoms with E-state index in [4.69, 9.17) is 16.4 Å². The first-order valence-corrected chi connectivity index (χ1v) is 17.9. The van der Waals surface area contributed by atoms with Crippen molar-refractivity contribution in [3.05, 3.63) is 49.9 Å². The molecule has 0 aliphatic carbocycles. The Balaban J connectivity index is 1.24. The molecule has 0 unspecified atom stereocenters. The second-order valence-electron chi connectivity index (χ2n) is 12.8. The average Bonchev–Trinajstić information content (AvgIpc) is 3.77. The molecule has 3 atom stereocenters. The van der Waals surface area contributed by atoms with Gasteiger partial charge in [0.25, 0.3) is 0 Å². The van der Waals surface area contributed by atoms with E-state index in [1.165, 1.54) is 37.0 Å². The molecule has 1 aromatic carbocycles. The van der Waals surface area contributed by atoms with Crippen LogP contribution in [0, 0.1) is 26.7 Å². The number of oxime groups is 1. The predicted octanol–water partition coefficient (Wildman–Crippen LogP) is 2.92. The van der Waals surface area contributed by atoms with Crippen LogP contribution in [0.25, 0.3) is 0 Å². The summed E-state index contributed by atoms with van der Waals surface area (Å²) in [7, 11) is 0. The normalized spacial score (nSPS) is 21.7. The van der Waals surface area contributed by atoms with Crippen molar-refractivity contribution < 1.29 is 43.5 Å². The molecule has 3 aliphatic heterocycles. The third-order valence-corrected chi connectivity index (χ3v) is 12.1. The van der Waals surface area contributed by atoms with E-state index in [9.17, 15) is 38.7 Å². The summed E-state index contributed by atoms with van der Waals surface area (Å²) in [6.07, 6.45) is -0.351. The minimum atomic E-state index is -1.91. The number of carbonyl (C=O) groups excluding carboxylic acids is 6. The van der Waals surface area contributed by atoms with Crippen molar-refractivity contribution in [1.29, 1.82) is 0 Å². The Labute approximate surface area is 305 Å². The fraction of sp³-hybridized carbons (Fsp3) is 0.469. The third kappa shape index (κ3) is 7.16. The highest BCUT2D eigenvalue weighted by Gasteiger charge is 2.66. The van der Waals surface area contributed by atoms with Crippen LogP contribution in [0.15, 0.2) is 22.7 Å². The number of benzene rings is 1. The monoisotopic (exact) mass is 761 g/mol. The number of β-lactam (4-membered cyclic amide) rings is 1. The molecule has 3 N–H and O–H groups in total. The quantitative estimate of drug-likeness (QED) is 0.117. The Morgan fingerprint density at radius 1 is 1.16 bits per heavy atom. The van der Waals surface area contributed by atoms with Crippen LogP contribution in [-0.4, -0.2) is 114 Å². The van der Waals surface area contributed by atoms with E-state index in [-0.39, 0.29) is 53.8 Å². The first kappa shape index (κ1) is 37.7. The van der Waals surface area contributed by atoms with Crippen LogP contribution in [0.1, 0.15) is 59.4 Å². The van der Waals surface area contributed by atoms with Gasteiger partial charge in [0.05, 0.1) is 41.0 Å². The number of fused-ring (bicyclic) bond motifs is 1. The summed E-state index contributed by atoms with van der Waals surface area (Å²) >= 11 is 8.43. The van der Waals surface area contributed by atoms with Crippen molar-refractivity contribution in [3.8, 4) is 0 Å². The van der Waals surface area contributed by atoms with Gasteiger partial charge in [0.15, 0.2) is 28.7 Å². The maximum Gasteiger partial charge on any atom is 0.342 e. The number of thioether (sulfide) groups is 1. The summed E-state index contributed by atoms with van der Waals surface area (Å²) in [5, 5.41) is 19.5. The highest BCUT2D eigenvalue weighted by atomic mass is 35.5. The smallest absolute Gasteiger partial charge is 0.342 e. The number of amides is 5. The van der Waals surface area contributed by atoms with Crippen molar-refractivity contribution in [2.75, 3.05) is 26.2 Å². The summed E-state index contributed by atoms with van der Waals surface area (Å²) in [5.74, 6) is -4.16. The van der Waals surface area contributed by atoms with E-state index in [0.717, 1.165) is 32.8 Å². The van der Waals surface area contributed by atoms with Gasteiger partial charge >= 0.3 is 18.0 Å². The molecule has 0 bridgehead atoms. The molecule has 0 saturated carbocycles. The lowest BCUT2D eigenvalue weighted by Crippen LogP contribution is -2.60. The Hall–Kier alpha value is -4.55. The number of carboxylic acid groups (broad SMARTS) is 1. The number of ketones is 3. The van der Waals surface area contributed by atoms with Gasteiger partial charge in [-0.05, 0) is 58.7 Å². The number of thiazole rings is 1. The summed E-state index contributed by atoms with van der Waals surface area (Å²) in [4.78, 5) is 101. The van der Waals surface area contributed by atoms with Gasteiger partial charge in [0, 0.05) is 23.9 Å². The second-order valence-corrected chi connectivity index (χ2v) is 15.7. The van der Waals surface area contributed by atoms with Crippen molar-refractivity contribution in [2.45, 2.75) is 63.8 Å². The van der Waals surface area contributed by atoms with Gasteiger partial charge < -0.3 is 20.2 Å². The van der Waals surface area contributed by atoms with Crippen LogP contribution in [0.5, 0.6) is 0 Å². The second kappa shape index (κ2) is 14.2. The van der Waals surface area contributed by atoms with Crippen LogP contribution in [0.3, 0.4) is 0 Å². The molecule has 3 fully saturated rings. The first-order chi connectivity index (χ1) is 23.9. The number of nitrogens with zero attached hydrogens (tertiary/aromatic N) is 5. The molecule has 19 heteroatoms. The first-order valence-electron chi connectivity index (χ1n) is 15.7. The number of carbonyl (C=O) groups is 7. The molecule has 0 spiro atoms. The number of aromatic nitrogens is 1. The topological polar surface area (TPSA) is 208 Å². The number of rotatable bonds is 13. The minimum absolute atomic E-state index is 0.0806. The zero-order valence-corrected chi connectivity index (χ0v) is 31.0. The molecule has 16 nitrogen and oxygen atoms in total. The van der Waals surface area contributed by atoms with E-state index < -0.39 is 63.8 Å². The van der Waals surface area contributed by atoms with Crippen LogP contribution in [0.2, 0.25) is 5.02 Å². The molecule has 1 aromatic heterocycles. The maximum atomic E-state index is 13.6. The van der Waals surface area contributed by atoms with Gasteiger partial charge in [-0.2, -0.15) is 0 Å². The molecule has 51 heavy (non-hydrogen) atoms.